The molecule has 5 aromatic carbocycles. The fourth-order valence-electron chi connectivity index (χ4n) is 4.98. The highest BCUT2D eigenvalue weighted by Crippen LogP contribution is 2.67. The fourth-order valence-corrected chi connectivity index (χ4v) is 9.52. The molecule has 0 fully saturated rings. The number of carbonyl (C=O) groups excluding carboxylic acids is 2. The molecule has 5 aromatic rings. The van der Waals surface area contributed by atoms with Crippen molar-refractivity contribution in [2.45, 2.75) is 0 Å². The molecule has 5 rings (SSSR count). The van der Waals surface area contributed by atoms with Gasteiger partial charge in [0.1, 0.15) is 28.5 Å². The Morgan fingerprint density at radius 3 is 1.24 bits per heavy atom. The SMILES string of the molecule is COC(=O)C(NC(=O)c1ccccc1)=C(c1ccccc1)[P+](c1ccccc1)(c1ccccc1)c1ccccc1.[I-]. The number of halogens is 1. The number of rotatable bonds is 8. The van der Waals surface area contributed by atoms with Gasteiger partial charge in [0, 0.05) is 11.1 Å². The van der Waals surface area contributed by atoms with Crippen LogP contribution < -0.4 is 45.2 Å². The molecule has 0 atom stereocenters. The molecule has 0 unspecified atom stereocenters. The monoisotopic (exact) mass is 669 g/mol. The number of hydrogen-bond donors (Lipinski definition) is 1. The number of nitrogens with one attached hydrogen (secondary N) is 1. The van der Waals surface area contributed by atoms with Crippen LogP contribution in [0.25, 0.3) is 5.31 Å². The average molecular weight is 669 g/mol. The topological polar surface area (TPSA) is 55.4 Å². The predicted molar refractivity (Wildman–Crippen MR) is 164 cm³/mol. The lowest BCUT2D eigenvalue weighted by molar-refractivity contribution is -0.136. The number of amides is 1. The van der Waals surface area contributed by atoms with Gasteiger partial charge in [-0.15, -0.1) is 0 Å². The van der Waals surface area contributed by atoms with Gasteiger partial charge in [0.25, 0.3) is 5.91 Å². The van der Waals surface area contributed by atoms with Crippen LogP contribution in [0.2, 0.25) is 0 Å². The number of benzene rings is 5. The van der Waals surface area contributed by atoms with Gasteiger partial charge in [-0.05, 0) is 48.5 Å². The van der Waals surface area contributed by atoms with Crippen molar-refractivity contribution in [3.63, 3.8) is 0 Å². The van der Waals surface area contributed by atoms with Gasteiger partial charge < -0.3 is 34.0 Å². The van der Waals surface area contributed by atoms with Crippen LogP contribution in [0, 0.1) is 0 Å². The van der Waals surface area contributed by atoms with Crippen LogP contribution in [0.1, 0.15) is 15.9 Å². The van der Waals surface area contributed by atoms with Gasteiger partial charge in [0.2, 0.25) is 0 Å². The van der Waals surface area contributed by atoms with Crippen LogP contribution in [0.3, 0.4) is 0 Å². The lowest BCUT2D eigenvalue weighted by Crippen LogP contribution is -3.00. The molecule has 0 radical (unpaired) electrons. The van der Waals surface area contributed by atoms with Gasteiger partial charge in [0.15, 0.2) is 5.70 Å². The minimum Gasteiger partial charge on any atom is -1.00 e. The third kappa shape index (κ3) is 6.17. The van der Waals surface area contributed by atoms with Crippen molar-refractivity contribution in [3.8, 4) is 0 Å². The maximum atomic E-state index is 13.8. The second kappa shape index (κ2) is 14.0. The second-order valence-electron chi connectivity index (χ2n) is 9.08. The predicted octanol–water partition coefficient (Wildman–Crippen LogP) is 2.96. The van der Waals surface area contributed by atoms with Crippen LogP contribution in [0.15, 0.2) is 157 Å². The third-order valence-corrected chi connectivity index (χ3v) is 11.1. The van der Waals surface area contributed by atoms with Crippen LogP contribution in [-0.4, -0.2) is 19.0 Å². The third-order valence-electron chi connectivity index (χ3n) is 6.71. The van der Waals surface area contributed by atoms with E-state index in [1.807, 2.05) is 91.0 Å². The van der Waals surface area contributed by atoms with Crippen molar-refractivity contribution >= 4 is 40.4 Å². The molecule has 6 heteroatoms. The van der Waals surface area contributed by atoms with Crippen LogP contribution in [0.4, 0.5) is 0 Å². The quantitative estimate of drug-likeness (QED) is 0.120. The Bertz CT molecular complexity index is 1510. The molecular formula is C35H29INO3P. The van der Waals surface area contributed by atoms with E-state index >= 15 is 0 Å². The smallest absolute Gasteiger partial charge is 0.358 e. The summed E-state index contributed by atoms with van der Waals surface area (Å²) in [5.41, 5.74) is 1.38. The Labute approximate surface area is 258 Å². The second-order valence-corrected chi connectivity index (χ2v) is 12.4. The Morgan fingerprint density at radius 2 is 0.878 bits per heavy atom. The first-order valence-electron chi connectivity index (χ1n) is 13.0. The highest BCUT2D eigenvalue weighted by molar-refractivity contribution is 8.03. The van der Waals surface area contributed by atoms with Crippen molar-refractivity contribution in [2.24, 2.45) is 0 Å². The highest BCUT2D eigenvalue weighted by atomic mass is 127. The average Bonchev–Trinajstić information content (AvgIpc) is 3.04. The maximum Gasteiger partial charge on any atom is 0.358 e. The van der Waals surface area contributed by atoms with Crippen molar-refractivity contribution in [2.75, 3.05) is 7.11 Å². The van der Waals surface area contributed by atoms with E-state index in [1.54, 1.807) is 24.3 Å². The van der Waals surface area contributed by atoms with E-state index in [4.69, 9.17) is 4.74 Å². The van der Waals surface area contributed by atoms with E-state index in [0.717, 1.165) is 21.5 Å². The summed E-state index contributed by atoms with van der Waals surface area (Å²) in [7, 11) is -1.45. The number of carbonyl (C=O) groups is 2. The Kier molecular flexibility index (Phi) is 10.2. The summed E-state index contributed by atoms with van der Waals surface area (Å²) in [5, 5.41) is 6.84. The first-order valence-corrected chi connectivity index (χ1v) is 14.8. The van der Waals surface area contributed by atoms with Gasteiger partial charge >= 0.3 is 5.97 Å². The number of esters is 1. The molecule has 0 aliphatic heterocycles. The van der Waals surface area contributed by atoms with E-state index in [2.05, 4.69) is 41.7 Å². The molecule has 0 aliphatic carbocycles. The van der Waals surface area contributed by atoms with Gasteiger partial charge in [-0.2, -0.15) is 0 Å². The highest BCUT2D eigenvalue weighted by Gasteiger charge is 2.53. The van der Waals surface area contributed by atoms with E-state index in [1.165, 1.54) is 7.11 Å². The maximum absolute atomic E-state index is 13.8. The van der Waals surface area contributed by atoms with Gasteiger partial charge in [0.05, 0.1) is 7.11 Å². The van der Waals surface area contributed by atoms with Crippen molar-refractivity contribution in [3.05, 3.63) is 168 Å². The molecule has 4 nitrogen and oxygen atoms in total. The molecule has 1 amide bonds. The molecule has 1 N–H and O–H groups in total. The molecule has 0 spiro atoms. The van der Waals surface area contributed by atoms with Crippen LogP contribution >= 0.6 is 7.26 Å². The van der Waals surface area contributed by atoms with Gasteiger partial charge in [-0.25, -0.2) is 4.79 Å². The fraction of sp³-hybridized carbons (Fsp3) is 0.0286. The van der Waals surface area contributed by atoms with Crippen LogP contribution in [-0.2, 0) is 9.53 Å². The largest absolute Gasteiger partial charge is 1.00 e. The molecule has 0 bridgehead atoms. The summed E-state index contributed by atoms with van der Waals surface area (Å²) in [5.74, 6) is -1.00. The normalized spacial score (nSPS) is 11.4. The zero-order valence-corrected chi connectivity index (χ0v) is 25.5. The summed E-state index contributed by atoms with van der Waals surface area (Å²) in [6.07, 6.45) is 0. The molecule has 41 heavy (non-hydrogen) atoms. The van der Waals surface area contributed by atoms with Crippen molar-refractivity contribution in [1.82, 2.24) is 5.32 Å². The van der Waals surface area contributed by atoms with Crippen molar-refractivity contribution in [1.29, 1.82) is 0 Å². The Hall–Kier alpha value is -4.06. The van der Waals surface area contributed by atoms with Crippen molar-refractivity contribution < 1.29 is 38.3 Å². The summed E-state index contributed by atoms with van der Waals surface area (Å²) in [6, 6.07) is 49.3. The summed E-state index contributed by atoms with van der Waals surface area (Å²) in [6.45, 7) is 0. The number of ether oxygens (including phenoxy) is 1. The Morgan fingerprint density at radius 1 is 0.537 bits per heavy atom. The molecule has 204 valence electrons. The standard InChI is InChI=1S/C35H28NO3P.HI/c1-39-35(38)32(36-34(37)28-19-9-3-10-20-28)33(27-17-7-2-8-18-27)40(29-21-11-4-12-22-29,30-23-13-5-14-24-30)31-25-15-6-16-26-31;/h2-26H,1H3;1H. The molecule has 0 saturated heterocycles. The molecular weight excluding hydrogens is 640 g/mol. The van der Waals surface area contributed by atoms with Crippen LogP contribution in [0.5, 0.6) is 0 Å². The summed E-state index contributed by atoms with van der Waals surface area (Å²) < 4.78 is 5.36. The van der Waals surface area contributed by atoms with Gasteiger partial charge in [-0.3, -0.25) is 4.79 Å². The molecule has 0 heterocycles. The number of hydrogen-bond acceptors (Lipinski definition) is 3. The zero-order chi connectivity index (χ0) is 27.8. The Balaban J connectivity index is 0.00000387. The first kappa shape index (κ1) is 29.9. The lowest BCUT2D eigenvalue weighted by Gasteiger charge is -2.31. The van der Waals surface area contributed by atoms with E-state index in [-0.39, 0.29) is 35.6 Å². The summed E-state index contributed by atoms with van der Waals surface area (Å²) in [4.78, 5) is 27.4. The first-order chi connectivity index (χ1) is 19.7. The van der Waals surface area contributed by atoms with E-state index < -0.39 is 13.2 Å². The minimum atomic E-state index is -2.79. The van der Waals surface area contributed by atoms with E-state index in [9.17, 15) is 9.59 Å². The van der Waals surface area contributed by atoms with Gasteiger partial charge in [-0.1, -0.05) is 103 Å². The minimum absolute atomic E-state index is 0. The molecule has 0 aliphatic rings. The lowest BCUT2D eigenvalue weighted by atomic mass is 10.1. The zero-order valence-electron chi connectivity index (χ0n) is 22.5. The summed E-state index contributed by atoms with van der Waals surface area (Å²) >= 11 is 0. The van der Waals surface area contributed by atoms with E-state index in [0.29, 0.717) is 10.9 Å². The molecule has 0 saturated carbocycles. The molecule has 0 aromatic heterocycles. The number of methoxy groups -OCH3 is 1.